The van der Waals surface area contributed by atoms with Gasteiger partial charge in [0.2, 0.25) is 0 Å². The molecule has 0 N–H and O–H groups in total. The van der Waals surface area contributed by atoms with Crippen LogP contribution in [0.3, 0.4) is 0 Å². The molecule has 0 spiro atoms. The molecule has 2 rings (SSSR count). The zero-order chi connectivity index (χ0) is 6.27. The van der Waals surface area contributed by atoms with E-state index in [4.69, 9.17) is 0 Å². The molecular weight excluding hydrogens is 112 g/mol. The van der Waals surface area contributed by atoms with Gasteiger partial charge in [-0.15, -0.1) is 0 Å². The average Bonchev–Trinajstić information content (AvgIpc) is 2.64. The monoisotopic (exact) mass is 124 g/mol. The Hall–Kier alpha value is -0.330. The van der Waals surface area contributed by atoms with E-state index >= 15 is 0 Å². The third-order valence-corrected chi connectivity index (χ3v) is 2.78. The Morgan fingerprint density at radius 2 is 2.00 bits per heavy atom. The maximum Gasteiger partial charge on any atom is 0.123 e. The lowest BCUT2D eigenvalue weighted by molar-refractivity contribution is -0.111. The number of fused-ring (bicyclic) bond motifs is 1. The van der Waals surface area contributed by atoms with E-state index < -0.39 is 0 Å². The Morgan fingerprint density at radius 1 is 1.11 bits per heavy atom. The predicted molar refractivity (Wildman–Crippen MR) is 35.0 cm³/mol. The van der Waals surface area contributed by atoms with Crippen molar-refractivity contribution in [3.05, 3.63) is 0 Å². The summed E-state index contributed by atoms with van der Waals surface area (Å²) in [7, 11) is 0. The highest BCUT2D eigenvalue weighted by molar-refractivity contribution is 5.53. The first-order valence-electron chi connectivity index (χ1n) is 3.85. The highest BCUT2D eigenvalue weighted by Crippen LogP contribution is 2.50. The summed E-state index contributed by atoms with van der Waals surface area (Å²) in [6.07, 6.45) is 6.27. The normalized spacial score (nSPS) is 47.8. The van der Waals surface area contributed by atoms with E-state index in [0.29, 0.717) is 5.92 Å². The molecule has 0 aromatic heterocycles. The molecule has 1 nitrogen and oxygen atoms in total. The van der Waals surface area contributed by atoms with E-state index in [0.717, 1.165) is 18.1 Å². The van der Waals surface area contributed by atoms with Crippen LogP contribution >= 0.6 is 0 Å². The number of aldehydes is 1. The van der Waals surface area contributed by atoms with Gasteiger partial charge in [-0.2, -0.15) is 0 Å². The van der Waals surface area contributed by atoms with Gasteiger partial charge in [0, 0.05) is 5.92 Å². The summed E-state index contributed by atoms with van der Waals surface area (Å²) < 4.78 is 0. The summed E-state index contributed by atoms with van der Waals surface area (Å²) in [6.45, 7) is 0. The smallest absolute Gasteiger partial charge is 0.123 e. The molecule has 9 heavy (non-hydrogen) atoms. The summed E-state index contributed by atoms with van der Waals surface area (Å²) in [5.41, 5.74) is 0. The Kier molecular flexibility index (Phi) is 1.11. The summed E-state index contributed by atoms with van der Waals surface area (Å²) in [5, 5.41) is 0. The lowest BCUT2D eigenvalue weighted by Gasteiger charge is -2.13. The second-order valence-corrected chi connectivity index (χ2v) is 3.47. The lowest BCUT2D eigenvalue weighted by atomic mass is 9.91. The Labute approximate surface area is 55.4 Å². The van der Waals surface area contributed by atoms with Crippen molar-refractivity contribution in [3.63, 3.8) is 0 Å². The van der Waals surface area contributed by atoms with Crippen molar-refractivity contribution in [3.8, 4) is 0 Å². The molecule has 2 aliphatic rings. The minimum Gasteiger partial charge on any atom is -0.303 e. The Bertz CT molecular complexity index is 131. The number of rotatable bonds is 1. The predicted octanol–water partition coefficient (Wildman–Crippen LogP) is 1.62. The van der Waals surface area contributed by atoms with Gasteiger partial charge in [0.15, 0.2) is 0 Å². The molecule has 0 heterocycles. The van der Waals surface area contributed by atoms with Gasteiger partial charge in [-0.1, -0.05) is 0 Å². The molecule has 2 aliphatic carbocycles. The zero-order valence-electron chi connectivity index (χ0n) is 5.55. The second-order valence-electron chi connectivity index (χ2n) is 3.47. The number of carbonyl (C=O) groups is 1. The van der Waals surface area contributed by atoms with Crippen LogP contribution in [0.15, 0.2) is 0 Å². The molecule has 0 radical (unpaired) electrons. The first-order valence-corrected chi connectivity index (χ1v) is 3.85. The number of hydrogen-bond donors (Lipinski definition) is 0. The number of hydrogen-bond acceptors (Lipinski definition) is 1. The highest BCUT2D eigenvalue weighted by atomic mass is 16.1. The van der Waals surface area contributed by atoms with E-state index in [1.54, 1.807) is 0 Å². The molecule has 3 atom stereocenters. The molecule has 0 aromatic rings. The van der Waals surface area contributed by atoms with Crippen LogP contribution in [0, 0.1) is 17.8 Å². The van der Waals surface area contributed by atoms with Crippen LogP contribution in [0.5, 0.6) is 0 Å². The molecule has 0 bridgehead atoms. The maximum absolute atomic E-state index is 10.3. The van der Waals surface area contributed by atoms with Gasteiger partial charge < -0.3 is 4.79 Å². The molecule has 0 saturated heterocycles. The molecule has 1 heteroatoms. The van der Waals surface area contributed by atoms with Crippen molar-refractivity contribution in [2.24, 2.45) is 17.8 Å². The minimum atomic E-state index is 0.425. The second kappa shape index (κ2) is 1.83. The van der Waals surface area contributed by atoms with Crippen LogP contribution in [0.2, 0.25) is 0 Å². The Balaban J connectivity index is 1.93. The molecule has 0 unspecified atom stereocenters. The summed E-state index contributed by atoms with van der Waals surface area (Å²) in [5.74, 6) is 2.41. The minimum absolute atomic E-state index is 0.425. The first-order chi connectivity index (χ1) is 4.40. The van der Waals surface area contributed by atoms with Crippen molar-refractivity contribution in [1.82, 2.24) is 0 Å². The molecule has 2 fully saturated rings. The van der Waals surface area contributed by atoms with E-state index in [1.807, 2.05) is 0 Å². The van der Waals surface area contributed by atoms with Crippen LogP contribution < -0.4 is 0 Å². The van der Waals surface area contributed by atoms with Gasteiger partial charge in [-0.05, 0) is 37.5 Å². The van der Waals surface area contributed by atoms with Crippen LogP contribution in [0.4, 0.5) is 0 Å². The van der Waals surface area contributed by atoms with Crippen molar-refractivity contribution < 1.29 is 4.79 Å². The quantitative estimate of drug-likeness (QED) is 0.485. The summed E-state index contributed by atoms with van der Waals surface area (Å²) in [6, 6.07) is 0. The van der Waals surface area contributed by atoms with Gasteiger partial charge in [-0.25, -0.2) is 0 Å². The van der Waals surface area contributed by atoms with Crippen LogP contribution in [-0.4, -0.2) is 6.29 Å². The zero-order valence-corrected chi connectivity index (χ0v) is 5.55. The molecule has 0 aliphatic heterocycles. The van der Waals surface area contributed by atoms with Gasteiger partial charge in [-0.3, -0.25) is 0 Å². The van der Waals surface area contributed by atoms with Gasteiger partial charge in [0.1, 0.15) is 6.29 Å². The third-order valence-electron chi connectivity index (χ3n) is 2.78. The lowest BCUT2D eigenvalue weighted by Crippen LogP contribution is -2.08. The standard InChI is InChI=1S/C8H12O/c9-5-6-1-2-7-4-8(7)3-6/h5-8H,1-4H2/t6-,7-,8+/m1/s1. The fourth-order valence-corrected chi connectivity index (χ4v) is 2.01. The first kappa shape index (κ1) is 5.45. The van der Waals surface area contributed by atoms with Crippen molar-refractivity contribution in [1.29, 1.82) is 0 Å². The van der Waals surface area contributed by atoms with Crippen LogP contribution in [0.1, 0.15) is 25.7 Å². The van der Waals surface area contributed by atoms with Crippen molar-refractivity contribution in [2.75, 3.05) is 0 Å². The van der Waals surface area contributed by atoms with E-state index in [1.165, 1.54) is 25.7 Å². The van der Waals surface area contributed by atoms with Crippen LogP contribution in [-0.2, 0) is 4.79 Å². The van der Waals surface area contributed by atoms with Gasteiger partial charge in [0.25, 0.3) is 0 Å². The topological polar surface area (TPSA) is 17.1 Å². The SMILES string of the molecule is O=C[C@@H]1CC[C@@H]2C[C@@H]2C1. The van der Waals surface area contributed by atoms with E-state index in [2.05, 4.69) is 0 Å². The summed E-state index contributed by atoms with van der Waals surface area (Å²) >= 11 is 0. The van der Waals surface area contributed by atoms with Crippen LogP contribution in [0.25, 0.3) is 0 Å². The Morgan fingerprint density at radius 3 is 2.67 bits per heavy atom. The largest absolute Gasteiger partial charge is 0.303 e. The maximum atomic E-state index is 10.3. The van der Waals surface area contributed by atoms with Gasteiger partial charge in [0.05, 0.1) is 0 Å². The van der Waals surface area contributed by atoms with Crippen molar-refractivity contribution >= 4 is 6.29 Å². The molecular formula is C8H12O. The number of carbonyl (C=O) groups excluding carboxylic acids is 1. The molecule has 50 valence electrons. The third kappa shape index (κ3) is 0.887. The molecule has 0 aromatic carbocycles. The van der Waals surface area contributed by atoms with E-state index in [-0.39, 0.29) is 0 Å². The average molecular weight is 124 g/mol. The van der Waals surface area contributed by atoms with Crippen molar-refractivity contribution in [2.45, 2.75) is 25.7 Å². The fourth-order valence-electron chi connectivity index (χ4n) is 2.01. The molecule has 2 saturated carbocycles. The summed E-state index contributed by atoms with van der Waals surface area (Å²) in [4.78, 5) is 10.3. The fraction of sp³-hybridized carbons (Fsp3) is 0.875. The van der Waals surface area contributed by atoms with Gasteiger partial charge >= 0.3 is 0 Å². The van der Waals surface area contributed by atoms with E-state index in [9.17, 15) is 4.79 Å². The molecule has 0 amide bonds. The highest BCUT2D eigenvalue weighted by Gasteiger charge is 2.41.